The van der Waals surface area contributed by atoms with Crippen molar-refractivity contribution >= 4 is 5.96 Å². The highest BCUT2D eigenvalue weighted by atomic mass is 16.3. The fourth-order valence-electron chi connectivity index (χ4n) is 2.80. The molecule has 1 aromatic heterocycles. The van der Waals surface area contributed by atoms with Gasteiger partial charge in [0.25, 0.3) is 0 Å². The minimum atomic E-state index is 0.827. The van der Waals surface area contributed by atoms with E-state index in [1.54, 1.807) is 6.26 Å². The minimum Gasteiger partial charge on any atom is -0.469 e. The minimum absolute atomic E-state index is 0.827. The highest BCUT2D eigenvalue weighted by Gasteiger charge is 2.15. The molecule has 1 aliphatic heterocycles. The molecular weight excluding hydrogens is 264 g/mol. The van der Waals surface area contributed by atoms with Crippen molar-refractivity contribution < 1.29 is 4.42 Å². The highest BCUT2D eigenvalue weighted by molar-refractivity contribution is 5.79. The molecule has 0 bridgehead atoms. The first kappa shape index (κ1) is 15.9. The number of furan rings is 1. The zero-order valence-electron chi connectivity index (χ0n) is 13.3. The van der Waals surface area contributed by atoms with Crippen molar-refractivity contribution in [2.45, 2.75) is 26.2 Å². The van der Waals surface area contributed by atoms with Crippen molar-refractivity contribution in [3.8, 4) is 0 Å². The molecule has 1 atom stereocenters. The molecule has 5 nitrogen and oxygen atoms in total. The van der Waals surface area contributed by atoms with Crippen LogP contribution in [0.4, 0.5) is 0 Å². The van der Waals surface area contributed by atoms with E-state index in [1.165, 1.54) is 25.9 Å². The predicted octanol–water partition coefficient (Wildman–Crippen LogP) is 1.72. The molecule has 21 heavy (non-hydrogen) atoms. The fraction of sp³-hybridized carbons (Fsp3) is 0.688. The number of guanidine groups is 1. The first-order chi connectivity index (χ1) is 10.3. The molecule has 1 aliphatic rings. The zero-order valence-corrected chi connectivity index (χ0v) is 13.3. The van der Waals surface area contributed by atoms with Crippen molar-refractivity contribution in [2.24, 2.45) is 10.9 Å². The molecule has 1 unspecified atom stereocenters. The number of likely N-dealkylation sites (tertiary alicyclic amines) is 1. The van der Waals surface area contributed by atoms with Crippen LogP contribution in [0, 0.1) is 5.92 Å². The van der Waals surface area contributed by atoms with E-state index >= 15 is 0 Å². The van der Waals surface area contributed by atoms with E-state index in [0.29, 0.717) is 0 Å². The molecule has 1 saturated heterocycles. The van der Waals surface area contributed by atoms with E-state index in [2.05, 4.69) is 27.4 Å². The first-order valence-corrected chi connectivity index (χ1v) is 7.97. The van der Waals surface area contributed by atoms with Gasteiger partial charge in [-0.3, -0.25) is 4.99 Å². The maximum atomic E-state index is 5.31. The van der Waals surface area contributed by atoms with E-state index in [1.807, 2.05) is 19.2 Å². The SMILES string of the molecule is CN=C(NCCc1ccco1)NCCN1CCCC(C)C1. The van der Waals surface area contributed by atoms with Crippen LogP contribution in [0.2, 0.25) is 0 Å². The lowest BCUT2D eigenvalue weighted by molar-refractivity contribution is 0.187. The van der Waals surface area contributed by atoms with Crippen LogP contribution in [0.15, 0.2) is 27.8 Å². The standard InChI is InChI=1S/C16H28N4O/c1-14-5-3-10-20(13-14)11-9-19-16(17-2)18-8-7-15-6-4-12-21-15/h4,6,12,14H,3,5,7-11,13H2,1-2H3,(H2,17,18,19). The average Bonchev–Trinajstić information content (AvgIpc) is 2.99. The molecule has 1 fully saturated rings. The second-order valence-corrected chi connectivity index (χ2v) is 5.80. The maximum absolute atomic E-state index is 5.31. The van der Waals surface area contributed by atoms with Gasteiger partial charge in [-0.2, -0.15) is 0 Å². The van der Waals surface area contributed by atoms with Crippen molar-refractivity contribution in [1.29, 1.82) is 0 Å². The summed E-state index contributed by atoms with van der Waals surface area (Å²) in [4.78, 5) is 6.79. The first-order valence-electron chi connectivity index (χ1n) is 7.97. The number of piperidine rings is 1. The molecule has 0 aromatic carbocycles. The van der Waals surface area contributed by atoms with Crippen LogP contribution in [0.25, 0.3) is 0 Å². The number of nitrogens with zero attached hydrogens (tertiary/aromatic N) is 2. The molecule has 1 aromatic rings. The highest BCUT2D eigenvalue weighted by Crippen LogP contribution is 2.14. The third-order valence-electron chi connectivity index (χ3n) is 3.93. The summed E-state index contributed by atoms with van der Waals surface area (Å²) in [7, 11) is 1.81. The molecular formula is C16H28N4O. The van der Waals surface area contributed by atoms with Gasteiger partial charge in [-0.1, -0.05) is 6.92 Å². The van der Waals surface area contributed by atoms with Crippen LogP contribution in [0.1, 0.15) is 25.5 Å². The van der Waals surface area contributed by atoms with Gasteiger partial charge in [-0.25, -0.2) is 0 Å². The topological polar surface area (TPSA) is 52.8 Å². The van der Waals surface area contributed by atoms with Crippen LogP contribution in [-0.2, 0) is 6.42 Å². The fourth-order valence-corrected chi connectivity index (χ4v) is 2.80. The Balaban J connectivity index is 1.59. The lowest BCUT2D eigenvalue weighted by atomic mass is 10.0. The van der Waals surface area contributed by atoms with Gasteiger partial charge in [-0.05, 0) is 37.4 Å². The maximum Gasteiger partial charge on any atom is 0.191 e. The molecule has 0 aliphatic carbocycles. The average molecular weight is 292 g/mol. The van der Waals surface area contributed by atoms with Gasteiger partial charge in [0.05, 0.1) is 6.26 Å². The van der Waals surface area contributed by atoms with Crippen LogP contribution >= 0.6 is 0 Å². The van der Waals surface area contributed by atoms with E-state index in [-0.39, 0.29) is 0 Å². The van der Waals surface area contributed by atoms with Crippen molar-refractivity contribution in [2.75, 3.05) is 39.8 Å². The Bertz CT molecular complexity index is 416. The Hall–Kier alpha value is -1.49. The summed E-state index contributed by atoms with van der Waals surface area (Å²) in [6.07, 6.45) is 5.29. The monoisotopic (exact) mass is 292 g/mol. The second kappa shape index (κ2) is 8.72. The van der Waals surface area contributed by atoms with E-state index in [0.717, 1.165) is 43.7 Å². The number of hydrogen-bond donors (Lipinski definition) is 2. The molecule has 5 heteroatoms. The number of rotatable bonds is 6. The van der Waals surface area contributed by atoms with Crippen LogP contribution in [0.3, 0.4) is 0 Å². The molecule has 2 N–H and O–H groups in total. The number of nitrogens with one attached hydrogen (secondary N) is 2. The van der Waals surface area contributed by atoms with Crippen molar-refractivity contribution in [1.82, 2.24) is 15.5 Å². The molecule has 118 valence electrons. The van der Waals surface area contributed by atoms with Gasteiger partial charge in [0.15, 0.2) is 5.96 Å². The lowest BCUT2D eigenvalue weighted by Crippen LogP contribution is -2.44. The summed E-state index contributed by atoms with van der Waals surface area (Å²) in [5, 5.41) is 6.69. The summed E-state index contributed by atoms with van der Waals surface area (Å²) in [6, 6.07) is 3.91. The summed E-state index contributed by atoms with van der Waals surface area (Å²) < 4.78 is 5.31. The predicted molar refractivity (Wildman–Crippen MR) is 86.6 cm³/mol. The van der Waals surface area contributed by atoms with Crippen LogP contribution in [-0.4, -0.2) is 50.6 Å². The molecule has 2 rings (SSSR count). The summed E-state index contributed by atoms with van der Waals surface area (Å²) in [5.41, 5.74) is 0. The Kier molecular flexibility index (Phi) is 6.60. The lowest BCUT2D eigenvalue weighted by Gasteiger charge is -2.30. The Morgan fingerprint density at radius 3 is 3.00 bits per heavy atom. The molecule has 2 heterocycles. The second-order valence-electron chi connectivity index (χ2n) is 5.80. The zero-order chi connectivity index (χ0) is 14.9. The van der Waals surface area contributed by atoms with Crippen molar-refractivity contribution in [3.63, 3.8) is 0 Å². The molecule has 0 saturated carbocycles. The van der Waals surface area contributed by atoms with Crippen LogP contribution < -0.4 is 10.6 Å². The number of hydrogen-bond acceptors (Lipinski definition) is 3. The Morgan fingerprint density at radius 2 is 2.29 bits per heavy atom. The summed E-state index contributed by atoms with van der Waals surface area (Å²) in [5.74, 6) is 2.70. The molecule has 0 radical (unpaired) electrons. The summed E-state index contributed by atoms with van der Waals surface area (Å²) >= 11 is 0. The van der Waals surface area contributed by atoms with E-state index in [9.17, 15) is 0 Å². The Morgan fingerprint density at radius 1 is 1.43 bits per heavy atom. The van der Waals surface area contributed by atoms with Crippen molar-refractivity contribution in [3.05, 3.63) is 24.2 Å². The largest absolute Gasteiger partial charge is 0.469 e. The van der Waals surface area contributed by atoms with E-state index < -0.39 is 0 Å². The number of aliphatic imine (C=N–C) groups is 1. The van der Waals surface area contributed by atoms with Gasteiger partial charge >= 0.3 is 0 Å². The van der Waals surface area contributed by atoms with Gasteiger partial charge in [0.2, 0.25) is 0 Å². The molecule has 0 amide bonds. The third-order valence-corrected chi connectivity index (χ3v) is 3.93. The van der Waals surface area contributed by atoms with Gasteiger partial charge in [0.1, 0.15) is 5.76 Å². The third kappa shape index (κ3) is 5.79. The van der Waals surface area contributed by atoms with Gasteiger partial charge in [0, 0.05) is 39.6 Å². The smallest absolute Gasteiger partial charge is 0.191 e. The van der Waals surface area contributed by atoms with Crippen LogP contribution in [0.5, 0.6) is 0 Å². The van der Waals surface area contributed by atoms with Gasteiger partial charge < -0.3 is 20.0 Å². The Labute approximate surface area is 127 Å². The summed E-state index contributed by atoms with van der Waals surface area (Å²) in [6.45, 7) is 7.65. The van der Waals surface area contributed by atoms with E-state index in [4.69, 9.17) is 4.42 Å². The molecule has 0 spiro atoms. The van der Waals surface area contributed by atoms with Gasteiger partial charge in [-0.15, -0.1) is 0 Å². The quantitative estimate of drug-likeness (QED) is 0.619. The normalized spacial score (nSPS) is 20.5.